The molecular weight excluding hydrogens is 238 g/mol. The van der Waals surface area contributed by atoms with Crippen LogP contribution in [0, 0.1) is 0 Å². The van der Waals surface area contributed by atoms with Crippen molar-refractivity contribution in [2.24, 2.45) is 0 Å². The van der Waals surface area contributed by atoms with Crippen LogP contribution in [0.3, 0.4) is 0 Å². The molecule has 0 aliphatic carbocycles. The molecule has 1 aliphatic heterocycles. The second kappa shape index (κ2) is 4.80. The van der Waals surface area contributed by atoms with Crippen LogP contribution in [-0.2, 0) is 0 Å². The molecular formula is C13H14ClNO2. The monoisotopic (exact) mass is 251 g/mol. The number of phenols is 1. The Balaban J connectivity index is 2.17. The molecule has 0 saturated carbocycles. The summed E-state index contributed by atoms with van der Waals surface area (Å²) in [5, 5.41) is 9.51. The van der Waals surface area contributed by atoms with Crippen molar-refractivity contribution in [2.45, 2.75) is 13.3 Å². The van der Waals surface area contributed by atoms with Crippen LogP contribution in [0.15, 0.2) is 29.8 Å². The van der Waals surface area contributed by atoms with Crippen LogP contribution in [0.2, 0.25) is 5.02 Å². The maximum atomic E-state index is 12.1. The fourth-order valence-corrected chi connectivity index (χ4v) is 1.96. The third kappa shape index (κ3) is 2.61. The summed E-state index contributed by atoms with van der Waals surface area (Å²) < 4.78 is 0. The lowest BCUT2D eigenvalue weighted by molar-refractivity contribution is 0.0769. The van der Waals surface area contributed by atoms with E-state index in [1.54, 1.807) is 11.0 Å². The Morgan fingerprint density at radius 1 is 1.47 bits per heavy atom. The zero-order valence-corrected chi connectivity index (χ0v) is 10.4. The number of carbonyl (C=O) groups excluding carboxylic acids is 1. The average molecular weight is 252 g/mol. The number of hydrogen-bond donors (Lipinski definition) is 1. The van der Waals surface area contributed by atoms with Crippen molar-refractivity contribution in [2.75, 3.05) is 13.1 Å². The van der Waals surface area contributed by atoms with Gasteiger partial charge in [-0.1, -0.05) is 23.3 Å². The summed E-state index contributed by atoms with van der Waals surface area (Å²) in [4.78, 5) is 13.9. The molecule has 1 aliphatic rings. The first-order chi connectivity index (χ1) is 8.08. The van der Waals surface area contributed by atoms with Gasteiger partial charge in [-0.3, -0.25) is 4.79 Å². The highest BCUT2D eigenvalue weighted by atomic mass is 35.5. The van der Waals surface area contributed by atoms with Crippen molar-refractivity contribution >= 4 is 17.5 Å². The van der Waals surface area contributed by atoms with Crippen molar-refractivity contribution in [1.29, 1.82) is 0 Å². The van der Waals surface area contributed by atoms with Crippen LogP contribution in [0.4, 0.5) is 0 Å². The van der Waals surface area contributed by atoms with Gasteiger partial charge in [-0.05, 0) is 31.5 Å². The van der Waals surface area contributed by atoms with Gasteiger partial charge in [0, 0.05) is 18.7 Å². The molecule has 0 atom stereocenters. The number of amides is 1. The lowest BCUT2D eigenvalue weighted by atomic mass is 10.1. The molecule has 1 amide bonds. The molecule has 0 radical (unpaired) electrons. The van der Waals surface area contributed by atoms with E-state index in [2.05, 4.69) is 13.0 Å². The molecule has 0 aromatic heterocycles. The summed E-state index contributed by atoms with van der Waals surface area (Å²) in [6.45, 7) is 3.45. The lowest BCUT2D eigenvalue weighted by Crippen LogP contribution is -2.34. The molecule has 90 valence electrons. The van der Waals surface area contributed by atoms with Gasteiger partial charge in [0.15, 0.2) is 0 Å². The average Bonchev–Trinajstić information content (AvgIpc) is 2.33. The first-order valence-corrected chi connectivity index (χ1v) is 5.89. The van der Waals surface area contributed by atoms with E-state index in [0.717, 1.165) is 13.0 Å². The topological polar surface area (TPSA) is 40.5 Å². The van der Waals surface area contributed by atoms with Gasteiger partial charge in [0.25, 0.3) is 5.91 Å². The minimum Gasteiger partial charge on any atom is -0.506 e. The van der Waals surface area contributed by atoms with Crippen molar-refractivity contribution in [3.05, 3.63) is 40.4 Å². The maximum Gasteiger partial charge on any atom is 0.254 e. The van der Waals surface area contributed by atoms with Crippen LogP contribution >= 0.6 is 11.6 Å². The maximum absolute atomic E-state index is 12.1. The summed E-state index contributed by atoms with van der Waals surface area (Å²) in [6.07, 6.45) is 2.97. The minimum atomic E-state index is -0.0457. The van der Waals surface area contributed by atoms with Gasteiger partial charge in [-0.2, -0.15) is 0 Å². The van der Waals surface area contributed by atoms with Crippen LogP contribution in [0.1, 0.15) is 23.7 Å². The fourth-order valence-electron chi connectivity index (χ4n) is 1.78. The van der Waals surface area contributed by atoms with Crippen molar-refractivity contribution < 1.29 is 9.90 Å². The largest absolute Gasteiger partial charge is 0.506 e. The molecule has 1 heterocycles. The number of nitrogens with zero attached hydrogens (tertiary/aromatic N) is 1. The Hall–Kier alpha value is -1.48. The van der Waals surface area contributed by atoms with E-state index in [0.29, 0.717) is 12.1 Å². The molecule has 3 nitrogen and oxygen atoms in total. The third-order valence-corrected chi connectivity index (χ3v) is 3.22. The van der Waals surface area contributed by atoms with Gasteiger partial charge in [0.2, 0.25) is 0 Å². The van der Waals surface area contributed by atoms with Crippen molar-refractivity contribution in [1.82, 2.24) is 4.90 Å². The molecule has 0 bridgehead atoms. The number of aromatic hydroxyl groups is 1. The first-order valence-electron chi connectivity index (χ1n) is 5.51. The van der Waals surface area contributed by atoms with E-state index < -0.39 is 0 Å². The molecule has 17 heavy (non-hydrogen) atoms. The van der Waals surface area contributed by atoms with E-state index in [9.17, 15) is 9.90 Å². The lowest BCUT2D eigenvalue weighted by Gasteiger charge is -2.25. The summed E-state index contributed by atoms with van der Waals surface area (Å²) >= 11 is 5.79. The fraction of sp³-hybridized carbons (Fsp3) is 0.308. The molecule has 2 rings (SSSR count). The van der Waals surface area contributed by atoms with E-state index in [1.165, 1.54) is 17.7 Å². The Labute approximate surface area is 105 Å². The number of rotatable bonds is 1. The van der Waals surface area contributed by atoms with E-state index in [-0.39, 0.29) is 16.7 Å². The second-order valence-corrected chi connectivity index (χ2v) is 4.63. The SMILES string of the molecule is CC1=CCN(C(=O)c2ccc(O)c(Cl)c2)CC1. The van der Waals surface area contributed by atoms with Gasteiger partial charge >= 0.3 is 0 Å². The van der Waals surface area contributed by atoms with E-state index >= 15 is 0 Å². The summed E-state index contributed by atoms with van der Waals surface area (Å²) in [5.41, 5.74) is 1.83. The summed E-state index contributed by atoms with van der Waals surface area (Å²) in [7, 11) is 0. The number of benzene rings is 1. The van der Waals surface area contributed by atoms with Crippen LogP contribution in [-0.4, -0.2) is 29.0 Å². The smallest absolute Gasteiger partial charge is 0.254 e. The Morgan fingerprint density at radius 2 is 2.24 bits per heavy atom. The van der Waals surface area contributed by atoms with Crippen molar-refractivity contribution in [3.63, 3.8) is 0 Å². The predicted octanol–water partition coefficient (Wildman–Crippen LogP) is 2.84. The number of carbonyl (C=O) groups is 1. The molecule has 0 fully saturated rings. The van der Waals surface area contributed by atoms with Gasteiger partial charge in [-0.25, -0.2) is 0 Å². The zero-order chi connectivity index (χ0) is 12.4. The number of halogens is 1. The van der Waals surface area contributed by atoms with Crippen molar-refractivity contribution in [3.8, 4) is 5.75 Å². The molecule has 4 heteroatoms. The molecule has 1 N–H and O–H groups in total. The minimum absolute atomic E-state index is 0.00222. The molecule has 0 unspecified atom stereocenters. The van der Waals surface area contributed by atoms with Crippen LogP contribution in [0.25, 0.3) is 0 Å². The molecule has 1 aromatic rings. The highest BCUT2D eigenvalue weighted by Gasteiger charge is 2.18. The van der Waals surface area contributed by atoms with Gasteiger partial charge in [0.1, 0.15) is 5.75 Å². The molecule has 0 saturated heterocycles. The Bertz CT molecular complexity index is 482. The number of phenolic OH excluding ortho intramolecular Hbond substituents is 1. The first kappa shape index (κ1) is 12.0. The quantitative estimate of drug-likeness (QED) is 0.780. The van der Waals surface area contributed by atoms with Gasteiger partial charge in [0.05, 0.1) is 5.02 Å². The Morgan fingerprint density at radius 3 is 2.82 bits per heavy atom. The van der Waals surface area contributed by atoms with Gasteiger partial charge in [-0.15, -0.1) is 0 Å². The van der Waals surface area contributed by atoms with E-state index in [1.807, 2.05) is 0 Å². The standard InChI is InChI=1S/C13H14ClNO2/c1-9-4-6-15(7-5-9)13(17)10-2-3-12(16)11(14)8-10/h2-4,8,16H,5-7H2,1H3. The summed E-state index contributed by atoms with van der Waals surface area (Å²) in [6, 6.07) is 4.54. The second-order valence-electron chi connectivity index (χ2n) is 4.22. The van der Waals surface area contributed by atoms with Crippen LogP contribution < -0.4 is 0 Å². The summed E-state index contributed by atoms with van der Waals surface area (Å²) in [5.74, 6) is -0.0479. The molecule has 1 aromatic carbocycles. The highest BCUT2D eigenvalue weighted by molar-refractivity contribution is 6.32. The normalized spacial score (nSPS) is 15.6. The highest BCUT2D eigenvalue weighted by Crippen LogP contribution is 2.24. The van der Waals surface area contributed by atoms with E-state index in [4.69, 9.17) is 11.6 Å². The third-order valence-electron chi connectivity index (χ3n) is 2.92. The zero-order valence-electron chi connectivity index (χ0n) is 9.61. The van der Waals surface area contributed by atoms with Crippen LogP contribution in [0.5, 0.6) is 5.75 Å². The molecule has 0 spiro atoms. The predicted molar refractivity (Wildman–Crippen MR) is 67.4 cm³/mol. The van der Waals surface area contributed by atoms with Gasteiger partial charge < -0.3 is 10.0 Å². The Kier molecular flexibility index (Phi) is 3.38. The number of hydrogen-bond acceptors (Lipinski definition) is 2.